The van der Waals surface area contributed by atoms with Gasteiger partial charge < -0.3 is 14.6 Å². The molecule has 0 aromatic carbocycles. The third-order valence-corrected chi connectivity index (χ3v) is 1.63. The number of aromatic nitrogens is 1. The first-order valence-electron chi connectivity index (χ1n) is 3.65. The van der Waals surface area contributed by atoms with Gasteiger partial charge in [0, 0.05) is 19.2 Å². The summed E-state index contributed by atoms with van der Waals surface area (Å²) in [6.07, 6.45) is 0.266. The summed E-state index contributed by atoms with van der Waals surface area (Å²) in [6.45, 7) is 3.68. The van der Waals surface area contributed by atoms with Crippen LogP contribution in [0.25, 0.3) is 0 Å². The molecule has 4 nitrogen and oxygen atoms in total. The molecule has 11 heavy (non-hydrogen) atoms. The van der Waals surface area contributed by atoms with Gasteiger partial charge >= 0.3 is 5.95 Å². The fraction of sp³-hybridized carbons (Fsp3) is 0.571. The molecule has 4 heteroatoms. The molecule has 1 saturated heterocycles. The minimum atomic E-state index is 0.266. The summed E-state index contributed by atoms with van der Waals surface area (Å²) in [6, 6.07) is 1.79. The van der Waals surface area contributed by atoms with Crippen molar-refractivity contribution in [2.75, 3.05) is 13.1 Å². The molecule has 2 heterocycles. The second kappa shape index (κ2) is 2.54. The Morgan fingerprint density at radius 2 is 2.55 bits per heavy atom. The van der Waals surface area contributed by atoms with Crippen molar-refractivity contribution in [3.05, 3.63) is 11.8 Å². The lowest BCUT2D eigenvalue weighted by molar-refractivity contribution is 0.0990. The van der Waals surface area contributed by atoms with Crippen molar-refractivity contribution in [1.82, 2.24) is 10.5 Å². The quantitative estimate of drug-likeness (QED) is 0.667. The monoisotopic (exact) mass is 154 g/mol. The molecule has 0 saturated carbocycles. The van der Waals surface area contributed by atoms with Gasteiger partial charge in [-0.15, -0.1) is 0 Å². The van der Waals surface area contributed by atoms with Gasteiger partial charge in [-0.3, -0.25) is 0 Å². The molecular weight excluding hydrogens is 144 g/mol. The van der Waals surface area contributed by atoms with Crippen LogP contribution in [0.3, 0.4) is 0 Å². The summed E-state index contributed by atoms with van der Waals surface area (Å²) in [5.41, 5.74) is 0.854. The molecule has 1 aromatic heterocycles. The first kappa shape index (κ1) is 6.67. The number of ether oxygens (including phenoxy) is 1. The summed E-state index contributed by atoms with van der Waals surface area (Å²) in [5, 5.41) is 6.81. The lowest BCUT2D eigenvalue weighted by Crippen LogP contribution is -2.50. The van der Waals surface area contributed by atoms with Crippen LogP contribution in [-0.4, -0.2) is 24.4 Å². The Labute approximate surface area is 64.5 Å². The van der Waals surface area contributed by atoms with E-state index in [2.05, 4.69) is 10.5 Å². The topological polar surface area (TPSA) is 47.3 Å². The van der Waals surface area contributed by atoms with Crippen LogP contribution in [0.5, 0.6) is 5.95 Å². The molecule has 1 aliphatic heterocycles. The van der Waals surface area contributed by atoms with E-state index in [1.807, 2.05) is 6.92 Å². The third kappa shape index (κ3) is 1.35. The van der Waals surface area contributed by atoms with Crippen molar-refractivity contribution in [2.45, 2.75) is 13.0 Å². The van der Waals surface area contributed by atoms with E-state index in [0.717, 1.165) is 18.8 Å². The van der Waals surface area contributed by atoms with E-state index in [1.54, 1.807) is 6.07 Å². The molecule has 60 valence electrons. The summed E-state index contributed by atoms with van der Waals surface area (Å²) in [4.78, 5) is 0. The molecule has 0 amide bonds. The van der Waals surface area contributed by atoms with Gasteiger partial charge in [0.25, 0.3) is 0 Å². The van der Waals surface area contributed by atoms with Gasteiger partial charge in [0.2, 0.25) is 0 Å². The highest BCUT2D eigenvalue weighted by Gasteiger charge is 2.19. The molecule has 0 atom stereocenters. The molecule has 0 spiro atoms. The first-order valence-corrected chi connectivity index (χ1v) is 3.65. The smallest absolute Gasteiger partial charge is 0.311 e. The zero-order valence-corrected chi connectivity index (χ0v) is 6.33. The Hall–Kier alpha value is -1.03. The maximum atomic E-state index is 5.38. The second-order valence-electron chi connectivity index (χ2n) is 2.69. The molecule has 1 aromatic rings. The fourth-order valence-corrected chi connectivity index (χ4v) is 0.906. The first-order chi connectivity index (χ1) is 5.34. The predicted octanol–water partition coefficient (Wildman–Crippen LogP) is 0.334. The fourth-order valence-electron chi connectivity index (χ4n) is 0.906. The van der Waals surface area contributed by atoms with Crippen molar-refractivity contribution in [3.63, 3.8) is 0 Å². The van der Waals surface area contributed by atoms with Crippen LogP contribution in [0.2, 0.25) is 0 Å². The van der Waals surface area contributed by atoms with E-state index >= 15 is 0 Å². The van der Waals surface area contributed by atoms with Crippen LogP contribution in [0.15, 0.2) is 10.6 Å². The number of rotatable bonds is 2. The Morgan fingerprint density at radius 1 is 1.73 bits per heavy atom. The average molecular weight is 154 g/mol. The standard InChI is InChI=1S/C7H10N2O2/c1-5-2-7(11-9-5)10-6-3-8-4-6/h2,6,8H,3-4H2,1H3. The van der Waals surface area contributed by atoms with Crippen LogP contribution >= 0.6 is 0 Å². The highest BCUT2D eigenvalue weighted by atomic mass is 16.6. The number of aryl methyl sites for hydroxylation is 1. The minimum Gasteiger partial charge on any atom is -0.458 e. The Kier molecular flexibility index (Phi) is 1.54. The minimum absolute atomic E-state index is 0.266. The Balaban J connectivity index is 1.95. The largest absolute Gasteiger partial charge is 0.458 e. The van der Waals surface area contributed by atoms with Crippen molar-refractivity contribution >= 4 is 0 Å². The van der Waals surface area contributed by atoms with E-state index in [1.165, 1.54) is 0 Å². The van der Waals surface area contributed by atoms with Gasteiger partial charge in [0.05, 0.1) is 5.69 Å². The predicted molar refractivity (Wildman–Crippen MR) is 38.5 cm³/mol. The van der Waals surface area contributed by atoms with Crippen LogP contribution in [-0.2, 0) is 0 Å². The number of nitrogens with one attached hydrogen (secondary N) is 1. The number of nitrogens with zero attached hydrogens (tertiary/aromatic N) is 1. The lowest BCUT2D eigenvalue weighted by Gasteiger charge is -2.25. The van der Waals surface area contributed by atoms with Crippen LogP contribution in [0, 0.1) is 6.92 Å². The average Bonchev–Trinajstić information content (AvgIpc) is 2.27. The Bertz CT molecular complexity index is 242. The molecule has 0 radical (unpaired) electrons. The summed E-state index contributed by atoms with van der Waals surface area (Å²) in [5.74, 6) is 0.522. The van der Waals surface area contributed by atoms with E-state index in [-0.39, 0.29) is 6.10 Å². The van der Waals surface area contributed by atoms with Gasteiger partial charge in [-0.1, -0.05) is 5.16 Å². The van der Waals surface area contributed by atoms with Crippen molar-refractivity contribution < 1.29 is 9.26 Å². The number of hydrogen-bond acceptors (Lipinski definition) is 4. The SMILES string of the molecule is Cc1cc(OC2CNC2)on1. The molecule has 1 fully saturated rings. The van der Waals surface area contributed by atoms with E-state index in [4.69, 9.17) is 9.26 Å². The highest BCUT2D eigenvalue weighted by molar-refractivity contribution is 5.09. The second-order valence-corrected chi connectivity index (χ2v) is 2.69. The molecule has 2 rings (SSSR count). The summed E-state index contributed by atoms with van der Waals surface area (Å²) in [7, 11) is 0. The molecule has 0 aliphatic carbocycles. The zero-order valence-electron chi connectivity index (χ0n) is 6.33. The maximum absolute atomic E-state index is 5.38. The zero-order chi connectivity index (χ0) is 7.68. The van der Waals surface area contributed by atoms with Crippen LogP contribution in [0.1, 0.15) is 5.69 Å². The van der Waals surface area contributed by atoms with Gasteiger partial charge in [-0.25, -0.2) is 0 Å². The molecule has 0 bridgehead atoms. The third-order valence-electron chi connectivity index (χ3n) is 1.63. The maximum Gasteiger partial charge on any atom is 0.311 e. The van der Waals surface area contributed by atoms with Gasteiger partial charge in [0.15, 0.2) is 0 Å². The molecule has 1 aliphatic rings. The summed E-state index contributed by atoms with van der Waals surface area (Å²) < 4.78 is 10.3. The molecule has 1 N–H and O–H groups in total. The molecular formula is C7H10N2O2. The number of hydrogen-bond donors (Lipinski definition) is 1. The van der Waals surface area contributed by atoms with E-state index in [9.17, 15) is 0 Å². The Morgan fingerprint density at radius 3 is 3.00 bits per heavy atom. The normalized spacial score (nSPS) is 17.9. The van der Waals surface area contributed by atoms with Gasteiger partial charge in [-0.05, 0) is 6.92 Å². The van der Waals surface area contributed by atoms with Gasteiger partial charge in [0.1, 0.15) is 6.10 Å². The van der Waals surface area contributed by atoms with E-state index in [0.29, 0.717) is 5.95 Å². The van der Waals surface area contributed by atoms with Crippen LogP contribution < -0.4 is 10.1 Å². The molecule has 0 unspecified atom stereocenters. The lowest BCUT2D eigenvalue weighted by atomic mass is 10.2. The van der Waals surface area contributed by atoms with Crippen molar-refractivity contribution in [3.8, 4) is 5.95 Å². The summed E-state index contributed by atoms with van der Waals surface area (Å²) >= 11 is 0. The van der Waals surface area contributed by atoms with Gasteiger partial charge in [-0.2, -0.15) is 0 Å². The van der Waals surface area contributed by atoms with Crippen LogP contribution in [0.4, 0.5) is 0 Å². The highest BCUT2D eigenvalue weighted by Crippen LogP contribution is 2.14. The van der Waals surface area contributed by atoms with Crippen molar-refractivity contribution in [1.29, 1.82) is 0 Å². The van der Waals surface area contributed by atoms with Crippen molar-refractivity contribution in [2.24, 2.45) is 0 Å². The van der Waals surface area contributed by atoms with E-state index < -0.39 is 0 Å².